The van der Waals surface area contributed by atoms with E-state index >= 15 is 0 Å². The smallest absolute Gasteiger partial charge is 0.352 e. The monoisotopic (exact) mass is 197 g/mol. The minimum absolute atomic E-state index is 0.272. The minimum atomic E-state index is -0.917. The Labute approximate surface area is 82.9 Å². The molecule has 0 aliphatic heterocycles. The number of carbonyl (C=O) groups is 1. The highest BCUT2D eigenvalue weighted by Gasteiger charge is 2.16. The Kier molecular flexibility index (Phi) is 3.30. The Morgan fingerprint density at radius 3 is 2.64 bits per heavy atom. The standard InChI is InChI=1S/C10H15NO3/c1-4-7-6(2)9(10(12)13)11-8(7)5-14-3/h11H,4-5H2,1-3H3,(H,12,13). The lowest BCUT2D eigenvalue weighted by atomic mass is 10.1. The summed E-state index contributed by atoms with van der Waals surface area (Å²) in [4.78, 5) is 13.7. The number of aromatic carboxylic acids is 1. The molecule has 0 spiro atoms. The molecule has 0 atom stereocenters. The van der Waals surface area contributed by atoms with Gasteiger partial charge < -0.3 is 14.8 Å². The third-order valence-electron chi connectivity index (χ3n) is 2.32. The lowest BCUT2D eigenvalue weighted by molar-refractivity contribution is 0.0690. The number of nitrogens with one attached hydrogen (secondary N) is 1. The van der Waals surface area contributed by atoms with E-state index in [0.717, 1.165) is 23.2 Å². The number of aromatic nitrogens is 1. The van der Waals surface area contributed by atoms with Gasteiger partial charge >= 0.3 is 5.97 Å². The zero-order valence-electron chi connectivity index (χ0n) is 8.68. The van der Waals surface area contributed by atoms with Crippen molar-refractivity contribution < 1.29 is 14.6 Å². The molecule has 0 bridgehead atoms. The van der Waals surface area contributed by atoms with Crippen LogP contribution in [0.2, 0.25) is 0 Å². The molecule has 0 saturated carbocycles. The van der Waals surface area contributed by atoms with Crippen LogP contribution in [-0.4, -0.2) is 23.2 Å². The molecule has 78 valence electrons. The first-order valence-electron chi connectivity index (χ1n) is 4.54. The molecule has 1 rings (SSSR count). The highest BCUT2D eigenvalue weighted by atomic mass is 16.5. The molecule has 0 amide bonds. The molecule has 1 heterocycles. The summed E-state index contributed by atoms with van der Waals surface area (Å²) < 4.78 is 4.99. The molecule has 0 saturated heterocycles. The molecule has 0 unspecified atom stereocenters. The molecule has 0 aromatic carbocycles. The number of hydrogen-bond acceptors (Lipinski definition) is 2. The van der Waals surface area contributed by atoms with Crippen molar-refractivity contribution in [2.75, 3.05) is 7.11 Å². The maximum absolute atomic E-state index is 10.8. The van der Waals surface area contributed by atoms with Crippen molar-refractivity contribution in [1.29, 1.82) is 0 Å². The maximum Gasteiger partial charge on any atom is 0.352 e. The fourth-order valence-electron chi connectivity index (χ4n) is 1.66. The summed E-state index contributed by atoms with van der Waals surface area (Å²) in [6, 6.07) is 0. The van der Waals surface area contributed by atoms with E-state index in [9.17, 15) is 4.79 Å². The minimum Gasteiger partial charge on any atom is -0.477 e. The van der Waals surface area contributed by atoms with Crippen LogP contribution in [0.25, 0.3) is 0 Å². The number of aromatic amines is 1. The van der Waals surface area contributed by atoms with Crippen LogP contribution < -0.4 is 0 Å². The van der Waals surface area contributed by atoms with Crippen LogP contribution in [0.1, 0.15) is 34.2 Å². The lowest BCUT2D eigenvalue weighted by Crippen LogP contribution is -1.99. The van der Waals surface area contributed by atoms with Crippen LogP contribution in [0.3, 0.4) is 0 Å². The molecule has 0 radical (unpaired) electrons. The van der Waals surface area contributed by atoms with Crippen molar-refractivity contribution >= 4 is 5.97 Å². The summed E-state index contributed by atoms with van der Waals surface area (Å²) >= 11 is 0. The van der Waals surface area contributed by atoms with Crippen LogP contribution in [0.5, 0.6) is 0 Å². The molecule has 2 N–H and O–H groups in total. The van der Waals surface area contributed by atoms with Crippen LogP contribution in [0.4, 0.5) is 0 Å². The average molecular weight is 197 g/mol. The number of H-pyrrole nitrogens is 1. The van der Waals surface area contributed by atoms with E-state index in [1.54, 1.807) is 7.11 Å². The Morgan fingerprint density at radius 1 is 1.57 bits per heavy atom. The van der Waals surface area contributed by atoms with Gasteiger partial charge in [-0.25, -0.2) is 4.79 Å². The molecule has 4 heteroatoms. The van der Waals surface area contributed by atoms with Crippen molar-refractivity contribution in [2.24, 2.45) is 0 Å². The normalized spacial score (nSPS) is 10.5. The van der Waals surface area contributed by atoms with Crippen LogP contribution in [0.15, 0.2) is 0 Å². The van der Waals surface area contributed by atoms with Gasteiger partial charge in [0, 0.05) is 12.8 Å². The zero-order valence-corrected chi connectivity index (χ0v) is 8.68. The van der Waals surface area contributed by atoms with Crippen LogP contribution >= 0.6 is 0 Å². The molecule has 0 fully saturated rings. The van der Waals surface area contributed by atoms with Gasteiger partial charge in [0.05, 0.1) is 6.61 Å². The van der Waals surface area contributed by atoms with Crippen molar-refractivity contribution in [3.05, 3.63) is 22.5 Å². The predicted molar refractivity (Wildman–Crippen MR) is 52.6 cm³/mol. The van der Waals surface area contributed by atoms with Crippen LogP contribution in [0, 0.1) is 6.92 Å². The highest BCUT2D eigenvalue weighted by molar-refractivity contribution is 5.88. The Bertz CT molecular complexity index is 341. The number of methoxy groups -OCH3 is 1. The van der Waals surface area contributed by atoms with Crippen molar-refractivity contribution in [3.63, 3.8) is 0 Å². The van der Waals surface area contributed by atoms with Gasteiger partial charge in [0.25, 0.3) is 0 Å². The summed E-state index contributed by atoms with van der Waals surface area (Å²) in [6.07, 6.45) is 0.814. The van der Waals surface area contributed by atoms with E-state index in [1.807, 2.05) is 13.8 Å². The largest absolute Gasteiger partial charge is 0.477 e. The van der Waals surface area contributed by atoms with Gasteiger partial charge in [-0.2, -0.15) is 0 Å². The average Bonchev–Trinajstić information content (AvgIpc) is 2.43. The molecule has 1 aromatic heterocycles. The topological polar surface area (TPSA) is 62.3 Å². The fraction of sp³-hybridized carbons (Fsp3) is 0.500. The van der Waals surface area contributed by atoms with E-state index in [1.165, 1.54) is 0 Å². The van der Waals surface area contributed by atoms with Crippen LogP contribution in [-0.2, 0) is 17.8 Å². The van der Waals surface area contributed by atoms with Gasteiger partial charge in [0.2, 0.25) is 0 Å². The molecule has 0 aliphatic carbocycles. The summed E-state index contributed by atoms with van der Waals surface area (Å²) in [5.74, 6) is -0.917. The van der Waals surface area contributed by atoms with E-state index in [0.29, 0.717) is 6.61 Å². The van der Waals surface area contributed by atoms with E-state index in [4.69, 9.17) is 9.84 Å². The number of carboxylic acid groups (broad SMARTS) is 1. The Morgan fingerprint density at radius 2 is 2.21 bits per heavy atom. The number of hydrogen-bond donors (Lipinski definition) is 2. The van der Waals surface area contributed by atoms with Crippen molar-refractivity contribution in [1.82, 2.24) is 4.98 Å². The molecule has 4 nitrogen and oxygen atoms in total. The summed E-state index contributed by atoms with van der Waals surface area (Å²) in [7, 11) is 1.59. The molecular weight excluding hydrogens is 182 g/mol. The SMILES string of the molecule is CCc1c(COC)[nH]c(C(=O)O)c1C. The molecule has 14 heavy (non-hydrogen) atoms. The third kappa shape index (κ3) is 1.80. The summed E-state index contributed by atoms with van der Waals surface area (Å²) in [6.45, 7) is 4.25. The highest BCUT2D eigenvalue weighted by Crippen LogP contribution is 2.19. The third-order valence-corrected chi connectivity index (χ3v) is 2.32. The quantitative estimate of drug-likeness (QED) is 0.772. The van der Waals surface area contributed by atoms with Gasteiger partial charge in [0.15, 0.2) is 0 Å². The van der Waals surface area contributed by atoms with Gasteiger partial charge in [-0.05, 0) is 24.5 Å². The first kappa shape index (κ1) is 10.8. The second kappa shape index (κ2) is 4.28. The predicted octanol–water partition coefficient (Wildman–Crippen LogP) is 1.73. The number of ether oxygens (including phenoxy) is 1. The van der Waals surface area contributed by atoms with Crippen molar-refractivity contribution in [3.8, 4) is 0 Å². The maximum atomic E-state index is 10.8. The van der Waals surface area contributed by atoms with E-state index in [-0.39, 0.29) is 5.69 Å². The van der Waals surface area contributed by atoms with Gasteiger partial charge in [-0.15, -0.1) is 0 Å². The lowest BCUT2D eigenvalue weighted by Gasteiger charge is -2.00. The van der Waals surface area contributed by atoms with Gasteiger partial charge in [0.1, 0.15) is 5.69 Å². The fourth-order valence-corrected chi connectivity index (χ4v) is 1.66. The second-order valence-corrected chi connectivity index (χ2v) is 3.17. The molecule has 1 aromatic rings. The van der Waals surface area contributed by atoms with E-state index in [2.05, 4.69) is 4.98 Å². The van der Waals surface area contributed by atoms with E-state index < -0.39 is 5.97 Å². The first-order chi connectivity index (χ1) is 6.61. The zero-order chi connectivity index (χ0) is 10.7. The first-order valence-corrected chi connectivity index (χ1v) is 4.54. The number of rotatable bonds is 4. The molecule has 0 aliphatic rings. The number of carboxylic acids is 1. The second-order valence-electron chi connectivity index (χ2n) is 3.17. The summed E-state index contributed by atoms with van der Waals surface area (Å²) in [5.41, 5.74) is 3.00. The molecular formula is C10H15NO3. The Balaban J connectivity index is 3.17. The van der Waals surface area contributed by atoms with Gasteiger partial charge in [-0.3, -0.25) is 0 Å². The summed E-state index contributed by atoms with van der Waals surface area (Å²) in [5, 5.41) is 8.90. The van der Waals surface area contributed by atoms with Gasteiger partial charge in [-0.1, -0.05) is 6.92 Å². The Hall–Kier alpha value is -1.29. The van der Waals surface area contributed by atoms with Crippen molar-refractivity contribution in [2.45, 2.75) is 26.9 Å².